The summed E-state index contributed by atoms with van der Waals surface area (Å²) >= 11 is 1.23. The van der Waals surface area contributed by atoms with Crippen molar-refractivity contribution in [3.05, 3.63) is 18.0 Å². The predicted molar refractivity (Wildman–Crippen MR) is 63.6 cm³/mol. The molecule has 0 saturated heterocycles. The normalized spacial score (nSPS) is 12.4. The molecule has 0 aliphatic carbocycles. The summed E-state index contributed by atoms with van der Waals surface area (Å²) in [6.45, 7) is 3.92. The first-order valence-electron chi connectivity index (χ1n) is 5.32. The Morgan fingerprint density at radius 2 is 2.38 bits per heavy atom. The van der Waals surface area contributed by atoms with E-state index in [2.05, 4.69) is 9.97 Å². The van der Waals surface area contributed by atoms with Gasteiger partial charge < -0.3 is 5.11 Å². The predicted octanol–water partition coefficient (Wildman–Crippen LogP) is 2.52. The molecule has 1 rings (SSSR count). The minimum atomic E-state index is -0.788. The summed E-state index contributed by atoms with van der Waals surface area (Å²) in [6, 6.07) is 1.80. The SMILES string of the molecule is CCCCC(Sc1nccc(C)n1)C(=O)O. The topological polar surface area (TPSA) is 63.1 Å². The summed E-state index contributed by atoms with van der Waals surface area (Å²) in [6.07, 6.45) is 4.23. The van der Waals surface area contributed by atoms with E-state index in [0.29, 0.717) is 11.6 Å². The lowest BCUT2D eigenvalue weighted by molar-refractivity contribution is -0.136. The van der Waals surface area contributed by atoms with Crippen LogP contribution in [-0.4, -0.2) is 26.3 Å². The van der Waals surface area contributed by atoms with E-state index in [1.165, 1.54) is 11.8 Å². The number of aromatic nitrogens is 2. The van der Waals surface area contributed by atoms with Gasteiger partial charge in [-0.3, -0.25) is 4.79 Å². The van der Waals surface area contributed by atoms with Gasteiger partial charge in [0.2, 0.25) is 0 Å². The zero-order chi connectivity index (χ0) is 12.0. The number of aliphatic carboxylic acids is 1. The molecule has 1 N–H and O–H groups in total. The maximum atomic E-state index is 11.0. The molecule has 88 valence electrons. The number of carboxylic acids is 1. The zero-order valence-corrected chi connectivity index (χ0v) is 10.3. The van der Waals surface area contributed by atoms with Gasteiger partial charge in [0.1, 0.15) is 5.25 Å². The van der Waals surface area contributed by atoms with Crippen LogP contribution in [0.15, 0.2) is 17.4 Å². The smallest absolute Gasteiger partial charge is 0.317 e. The number of unbranched alkanes of at least 4 members (excludes halogenated alkanes) is 1. The number of nitrogens with zero attached hydrogens (tertiary/aromatic N) is 2. The average Bonchev–Trinajstić information content (AvgIpc) is 2.24. The standard InChI is InChI=1S/C11H16N2O2S/c1-3-4-5-9(10(14)15)16-11-12-7-6-8(2)13-11/h6-7,9H,3-5H2,1-2H3,(H,14,15). The van der Waals surface area contributed by atoms with Crippen molar-refractivity contribution in [1.29, 1.82) is 0 Å². The number of rotatable bonds is 6. The molecule has 0 spiro atoms. The molecule has 0 saturated carbocycles. The first-order valence-corrected chi connectivity index (χ1v) is 6.20. The van der Waals surface area contributed by atoms with Crippen molar-refractivity contribution in [2.45, 2.75) is 43.5 Å². The van der Waals surface area contributed by atoms with Gasteiger partial charge in [-0.05, 0) is 19.4 Å². The van der Waals surface area contributed by atoms with Gasteiger partial charge in [-0.1, -0.05) is 31.5 Å². The molecule has 1 heterocycles. The molecule has 0 bridgehead atoms. The third kappa shape index (κ3) is 4.18. The lowest BCUT2D eigenvalue weighted by atomic mass is 10.2. The van der Waals surface area contributed by atoms with E-state index in [1.807, 2.05) is 13.8 Å². The van der Waals surface area contributed by atoms with Crippen molar-refractivity contribution in [2.24, 2.45) is 0 Å². The lowest BCUT2D eigenvalue weighted by Crippen LogP contribution is -2.16. The molecule has 0 fully saturated rings. The van der Waals surface area contributed by atoms with Crippen LogP contribution in [-0.2, 0) is 4.79 Å². The van der Waals surface area contributed by atoms with Gasteiger partial charge in [0.05, 0.1) is 0 Å². The van der Waals surface area contributed by atoms with Crippen LogP contribution in [0, 0.1) is 6.92 Å². The van der Waals surface area contributed by atoms with Crippen molar-refractivity contribution in [3.63, 3.8) is 0 Å². The van der Waals surface area contributed by atoms with Gasteiger partial charge >= 0.3 is 5.97 Å². The molecule has 1 aromatic heterocycles. The Kier molecular flexibility index (Phi) is 5.25. The number of aryl methyl sites for hydroxylation is 1. The van der Waals surface area contributed by atoms with Crippen molar-refractivity contribution < 1.29 is 9.90 Å². The average molecular weight is 240 g/mol. The van der Waals surface area contributed by atoms with E-state index < -0.39 is 11.2 Å². The fraction of sp³-hybridized carbons (Fsp3) is 0.545. The minimum Gasteiger partial charge on any atom is -0.480 e. The van der Waals surface area contributed by atoms with Crippen LogP contribution >= 0.6 is 11.8 Å². The Morgan fingerprint density at radius 3 is 2.94 bits per heavy atom. The van der Waals surface area contributed by atoms with Crippen molar-refractivity contribution >= 4 is 17.7 Å². The molecule has 0 aliphatic rings. The van der Waals surface area contributed by atoms with Crippen LogP contribution in [0.3, 0.4) is 0 Å². The quantitative estimate of drug-likeness (QED) is 0.611. The number of hydrogen-bond acceptors (Lipinski definition) is 4. The lowest BCUT2D eigenvalue weighted by Gasteiger charge is -2.09. The Morgan fingerprint density at radius 1 is 1.62 bits per heavy atom. The van der Waals surface area contributed by atoms with Crippen molar-refractivity contribution in [2.75, 3.05) is 0 Å². The fourth-order valence-corrected chi connectivity index (χ4v) is 2.19. The molecule has 1 atom stereocenters. The molecular weight excluding hydrogens is 224 g/mol. The molecule has 0 radical (unpaired) electrons. The van der Waals surface area contributed by atoms with E-state index in [0.717, 1.165) is 18.5 Å². The van der Waals surface area contributed by atoms with Crippen LogP contribution in [0.1, 0.15) is 31.9 Å². The van der Waals surface area contributed by atoms with Crippen LogP contribution in [0.5, 0.6) is 0 Å². The van der Waals surface area contributed by atoms with Gasteiger partial charge in [0.15, 0.2) is 5.16 Å². The second kappa shape index (κ2) is 6.48. The number of thioether (sulfide) groups is 1. The molecule has 4 nitrogen and oxygen atoms in total. The van der Waals surface area contributed by atoms with Gasteiger partial charge in [0, 0.05) is 11.9 Å². The second-order valence-electron chi connectivity index (χ2n) is 3.57. The van der Waals surface area contributed by atoms with E-state index in [4.69, 9.17) is 5.11 Å². The van der Waals surface area contributed by atoms with Gasteiger partial charge in [-0.15, -0.1) is 0 Å². The molecule has 16 heavy (non-hydrogen) atoms. The zero-order valence-electron chi connectivity index (χ0n) is 9.51. The molecule has 5 heteroatoms. The van der Waals surface area contributed by atoms with Crippen LogP contribution in [0.25, 0.3) is 0 Å². The van der Waals surface area contributed by atoms with E-state index >= 15 is 0 Å². The summed E-state index contributed by atoms with van der Waals surface area (Å²) in [5, 5.41) is 9.16. The highest BCUT2D eigenvalue weighted by Crippen LogP contribution is 2.23. The summed E-state index contributed by atoms with van der Waals surface area (Å²) in [7, 11) is 0. The Labute approximate surface area is 99.5 Å². The van der Waals surface area contributed by atoms with E-state index in [1.54, 1.807) is 12.3 Å². The highest BCUT2D eigenvalue weighted by molar-refractivity contribution is 8.00. The third-order valence-electron chi connectivity index (χ3n) is 2.12. The fourth-order valence-electron chi connectivity index (χ4n) is 1.23. The number of hydrogen-bond donors (Lipinski definition) is 1. The Hall–Kier alpha value is -1.10. The molecule has 1 aromatic rings. The highest BCUT2D eigenvalue weighted by Gasteiger charge is 2.19. The molecule has 1 unspecified atom stereocenters. The summed E-state index contributed by atoms with van der Waals surface area (Å²) in [5.41, 5.74) is 0.858. The van der Waals surface area contributed by atoms with Crippen molar-refractivity contribution in [1.82, 2.24) is 9.97 Å². The van der Waals surface area contributed by atoms with Gasteiger partial charge in [-0.25, -0.2) is 9.97 Å². The van der Waals surface area contributed by atoms with E-state index in [-0.39, 0.29) is 0 Å². The molecular formula is C11H16N2O2S. The maximum absolute atomic E-state index is 11.0. The van der Waals surface area contributed by atoms with Gasteiger partial charge in [-0.2, -0.15) is 0 Å². The number of carbonyl (C=O) groups is 1. The third-order valence-corrected chi connectivity index (χ3v) is 3.25. The summed E-state index contributed by atoms with van der Waals surface area (Å²) in [5.74, 6) is -0.788. The second-order valence-corrected chi connectivity index (χ2v) is 4.74. The largest absolute Gasteiger partial charge is 0.480 e. The summed E-state index contributed by atoms with van der Waals surface area (Å²) in [4.78, 5) is 19.3. The van der Waals surface area contributed by atoms with E-state index in [9.17, 15) is 4.79 Å². The summed E-state index contributed by atoms with van der Waals surface area (Å²) < 4.78 is 0. The van der Waals surface area contributed by atoms with Gasteiger partial charge in [0.25, 0.3) is 0 Å². The molecule has 0 amide bonds. The van der Waals surface area contributed by atoms with Crippen LogP contribution < -0.4 is 0 Å². The maximum Gasteiger partial charge on any atom is 0.317 e. The van der Waals surface area contributed by atoms with Crippen molar-refractivity contribution in [3.8, 4) is 0 Å². The minimum absolute atomic E-state index is 0.443. The molecule has 0 aliphatic heterocycles. The Balaban J connectivity index is 2.64. The first kappa shape index (κ1) is 13.0. The Bertz CT molecular complexity index is 358. The molecule has 0 aromatic carbocycles. The number of carboxylic acid groups (broad SMARTS) is 1. The van der Waals surface area contributed by atoms with Crippen LogP contribution in [0.4, 0.5) is 0 Å². The monoisotopic (exact) mass is 240 g/mol. The van der Waals surface area contributed by atoms with Crippen LogP contribution in [0.2, 0.25) is 0 Å². The first-order chi connectivity index (χ1) is 7.63. The highest BCUT2D eigenvalue weighted by atomic mass is 32.2.